The van der Waals surface area contributed by atoms with Crippen molar-refractivity contribution >= 4 is 12.2 Å². The Balaban J connectivity index is 1.50. The highest BCUT2D eigenvalue weighted by Crippen LogP contribution is 2.37. The van der Waals surface area contributed by atoms with Gasteiger partial charge in [-0.15, -0.1) is 10.2 Å². The second-order valence-corrected chi connectivity index (χ2v) is 10.2. The minimum atomic E-state index is -0.552. The van der Waals surface area contributed by atoms with Gasteiger partial charge >= 0.3 is 12.2 Å². The van der Waals surface area contributed by atoms with Crippen LogP contribution >= 0.6 is 0 Å². The maximum atomic E-state index is 13.4. The molecular formula is C28H34N4O5. The predicted molar refractivity (Wildman–Crippen MR) is 136 cm³/mol. The number of nitrogens with zero attached hydrogens (tertiary/aromatic N) is 3. The van der Waals surface area contributed by atoms with E-state index < -0.39 is 23.8 Å². The standard InChI is InChI=1S/C28H34N4O5/c1-28(2,3)32(27(34)36-18-21-12-8-5-9-13-21)24-15-14-22(25-31-29-19-37-25)16-23(24)30-26(33)35-17-20-10-6-4-7-11-20/h4-13,19,22-24H,14-18H2,1-3H3,(H,30,33)/t22-,23-,24+/m0/s1. The molecule has 0 saturated heterocycles. The van der Waals surface area contributed by atoms with Crippen LogP contribution in [0.15, 0.2) is 71.5 Å². The minimum Gasteiger partial charge on any atom is -0.445 e. The van der Waals surface area contributed by atoms with Crippen molar-refractivity contribution < 1.29 is 23.5 Å². The third kappa shape index (κ3) is 7.09. The number of hydrogen-bond acceptors (Lipinski definition) is 7. The number of alkyl carbamates (subject to hydrolysis) is 1. The van der Waals surface area contributed by atoms with Crippen LogP contribution in [0.25, 0.3) is 0 Å². The summed E-state index contributed by atoms with van der Waals surface area (Å²) in [7, 11) is 0. The van der Waals surface area contributed by atoms with Crippen molar-refractivity contribution in [3.63, 3.8) is 0 Å². The third-order valence-electron chi connectivity index (χ3n) is 6.51. The van der Waals surface area contributed by atoms with Crippen LogP contribution in [0.3, 0.4) is 0 Å². The van der Waals surface area contributed by atoms with Gasteiger partial charge in [0, 0.05) is 11.5 Å². The monoisotopic (exact) mass is 506 g/mol. The Hall–Kier alpha value is -3.88. The van der Waals surface area contributed by atoms with Gasteiger partial charge in [-0.1, -0.05) is 60.7 Å². The summed E-state index contributed by atoms with van der Waals surface area (Å²) >= 11 is 0. The van der Waals surface area contributed by atoms with E-state index in [9.17, 15) is 9.59 Å². The van der Waals surface area contributed by atoms with E-state index in [-0.39, 0.29) is 25.2 Å². The van der Waals surface area contributed by atoms with E-state index >= 15 is 0 Å². The van der Waals surface area contributed by atoms with Crippen LogP contribution in [0, 0.1) is 0 Å². The Labute approximate surface area is 217 Å². The van der Waals surface area contributed by atoms with E-state index in [1.165, 1.54) is 6.39 Å². The topological polar surface area (TPSA) is 107 Å². The molecule has 1 N–H and O–H groups in total. The van der Waals surface area contributed by atoms with Crippen LogP contribution in [0.4, 0.5) is 9.59 Å². The van der Waals surface area contributed by atoms with E-state index in [4.69, 9.17) is 13.9 Å². The third-order valence-corrected chi connectivity index (χ3v) is 6.51. The van der Waals surface area contributed by atoms with Crippen molar-refractivity contribution in [3.05, 3.63) is 84.1 Å². The average molecular weight is 507 g/mol. The fourth-order valence-corrected chi connectivity index (χ4v) is 4.81. The number of ether oxygens (including phenoxy) is 2. The molecule has 4 rings (SSSR count). The molecule has 1 fully saturated rings. The molecule has 1 saturated carbocycles. The van der Waals surface area contributed by atoms with Crippen molar-refractivity contribution in [2.24, 2.45) is 0 Å². The predicted octanol–water partition coefficient (Wildman–Crippen LogP) is 5.44. The second kappa shape index (κ2) is 11.9. The first-order chi connectivity index (χ1) is 17.8. The lowest BCUT2D eigenvalue weighted by Crippen LogP contribution is -2.61. The molecule has 0 radical (unpaired) electrons. The van der Waals surface area contributed by atoms with Gasteiger partial charge in [-0.05, 0) is 51.2 Å². The second-order valence-electron chi connectivity index (χ2n) is 10.2. The van der Waals surface area contributed by atoms with Gasteiger partial charge in [0.1, 0.15) is 13.2 Å². The summed E-state index contributed by atoms with van der Waals surface area (Å²) in [5.74, 6) is 0.484. The van der Waals surface area contributed by atoms with Gasteiger partial charge in [0.2, 0.25) is 12.3 Å². The lowest BCUT2D eigenvalue weighted by atomic mass is 9.80. The Morgan fingerprint density at radius 3 is 2.16 bits per heavy atom. The molecule has 37 heavy (non-hydrogen) atoms. The average Bonchev–Trinajstić information content (AvgIpc) is 3.43. The highest BCUT2D eigenvalue weighted by molar-refractivity contribution is 5.70. The highest BCUT2D eigenvalue weighted by atomic mass is 16.6. The fraction of sp³-hybridized carbons (Fsp3) is 0.429. The Morgan fingerprint density at radius 2 is 1.59 bits per heavy atom. The number of aromatic nitrogens is 2. The van der Waals surface area contributed by atoms with E-state index in [2.05, 4.69) is 15.5 Å². The molecule has 0 spiro atoms. The summed E-state index contributed by atoms with van der Waals surface area (Å²) in [5, 5.41) is 10.9. The zero-order valence-electron chi connectivity index (χ0n) is 21.5. The van der Waals surface area contributed by atoms with Crippen LogP contribution in [0.1, 0.15) is 63.0 Å². The van der Waals surface area contributed by atoms with Crippen LogP contribution in [0.2, 0.25) is 0 Å². The molecule has 1 aromatic heterocycles. The Morgan fingerprint density at radius 1 is 0.973 bits per heavy atom. The first-order valence-electron chi connectivity index (χ1n) is 12.5. The first-order valence-corrected chi connectivity index (χ1v) is 12.5. The molecule has 0 bridgehead atoms. The molecule has 1 aliphatic rings. The summed E-state index contributed by atoms with van der Waals surface area (Å²) in [6, 6.07) is 18.3. The Kier molecular flexibility index (Phi) is 8.43. The number of rotatable bonds is 7. The molecule has 3 atom stereocenters. The fourth-order valence-electron chi connectivity index (χ4n) is 4.81. The molecule has 0 aliphatic heterocycles. The summed E-state index contributed by atoms with van der Waals surface area (Å²) in [6.45, 7) is 6.21. The molecule has 1 aliphatic carbocycles. The van der Waals surface area contributed by atoms with Gasteiger partial charge in [-0.2, -0.15) is 0 Å². The van der Waals surface area contributed by atoms with E-state index in [0.29, 0.717) is 18.7 Å². The molecular weight excluding hydrogens is 472 g/mol. The van der Waals surface area contributed by atoms with Crippen LogP contribution in [-0.2, 0) is 22.7 Å². The maximum Gasteiger partial charge on any atom is 0.410 e. The SMILES string of the molecule is CC(C)(C)N(C(=O)OCc1ccccc1)[C@@H]1CC[C@H](c2nnco2)C[C@@H]1NC(=O)OCc1ccccc1. The number of amides is 2. The Bertz CT molecular complexity index is 1130. The summed E-state index contributed by atoms with van der Waals surface area (Å²) < 4.78 is 16.7. The summed E-state index contributed by atoms with van der Waals surface area (Å²) in [5.41, 5.74) is 1.25. The van der Waals surface area contributed by atoms with E-state index in [1.807, 2.05) is 81.4 Å². The van der Waals surface area contributed by atoms with Gasteiger partial charge in [-0.3, -0.25) is 4.90 Å². The lowest BCUT2D eigenvalue weighted by Gasteiger charge is -2.47. The van der Waals surface area contributed by atoms with Gasteiger partial charge < -0.3 is 19.2 Å². The van der Waals surface area contributed by atoms with Crippen molar-refractivity contribution in [1.82, 2.24) is 20.4 Å². The number of hydrogen-bond donors (Lipinski definition) is 1. The first kappa shape index (κ1) is 26.2. The highest BCUT2D eigenvalue weighted by Gasteiger charge is 2.43. The van der Waals surface area contributed by atoms with Crippen molar-refractivity contribution in [2.45, 2.75) is 76.8 Å². The summed E-state index contributed by atoms with van der Waals surface area (Å²) in [4.78, 5) is 28.0. The number of nitrogens with one attached hydrogen (secondary N) is 1. The van der Waals surface area contributed by atoms with Crippen molar-refractivity contribution in [3.8, 4) is 0 Å². The molecule has 9 nitrogen and oxygen atoms in total. The van der Waals surface area contributed by atoms with Gasteiger partial charge in [0.05, 0.1) is 12.1 Å². The van der Waals surface area contributed by atoms with Gasteiger partial charge in [0.15, 0.2) is 0 Å². The minimum absolute atomic E-state index is 0.0414. The van der Waals surface area contributed by atoms with Crippen LogP contribution in [0.5, 0.6) is 0 Å². The molecule has 0 unspecified atom stereocenters. The zero-order chi connectivity index (χ0) is 26.3. The van der Waals surface area contributed by atoms with Crippen molar-refractivity contribution in [2.75, 3.05) is 0 Å². The molecule has 1 heterocycles. The quantitative estimate of drug-likeness (QED) is 0.455. The molecule has 2 aromatic carbocycles. The van der Waals surface area contributed by atoms with Crippen LogP contribution in [-0.4, -0.2) is 44.9 Å². The maximum absolute atomic E-state index is 13.4. The largest absolute Gasteiger partial charge is 0.445 e. The van der Waals surface area contributed by atoms with Gasteiger partial charge in [-0.25, -0.2) is 9.59 Å². The zero-order valence-corrected chi connectivity index (χ0v) is 21.5. The van der Waals surface area contributed by atoms with Crippen LogP contribution < -0.4 is 5.32 Å². The van der Waals surface area contributed by atoms with E-state index in [0.717, 1.165) is 17.5 Å². The lowest BCUT2D eigenvalue weighted by molar-refractivity contribution is 0.0151. The molecule has 9 heteroatoms. The number of carbonyl (C=O) groups excluding carboxylic acids is 2. The number of benzene rings is 2. The molecule has 196 valence electrons. The van der Waals surface area contributed by atoms with E-state index in [1.54, 1.807) is 4.90 Å². The normalized spacial score (nSPS) is 19.6. The molecule has 2 amide bonds. The summed E-state index contributed by atoms with van der Waals surface area (Å²) in [6.07, 6.45) is 2.20. The molecule has 3 aromatic rings. The smallest absolute Gasteiger partial charge is 0.410 e. The van der Waals surface area contributed by atoms with Gasteiger partial charge in [0.25, 0.3) is 0 Å². The number of carbonyl (C=O) groups is 2. The van der Waals surface area contributed by atoms with Crippen molar-refractivity contribution in [1.29, 1.82) is 0 Å².